The third-order valence-electron chi connectivity index (χ3n) is 4.93. The van der Waals surface area contributed by atoms with Crippen molar-refractivity contribution >= 4 is 17.1 Å². The molecule has 0 spiro atoms. The Hall–Kier alpha value is -2.61. The number of unbranched alkanes of at least 4 members (excludes halogenated alkanes) is 1. The van der Waals surface area contributed by atoms with Gasteiger partial charge in [0.25, 0.3) is 0 Å². The fraction of sp³-hybridized carbons (Fsp3) is 0.292. The lowest BCUT2D eigenvalue weighted by atomic mass is 9.78. The quantitative estimate of drug-likeness (QED) is 0.354. The summed E-state index contributed by atoms with van der Waals surface area (Å²) in [6, 6.07) is 20.9. The summed E-state index contributed by atoms with van der Waals surface area (Å²) in [5.74, 6) is -0.115. The molecule has 2 nitrogen and oxygen atoms in total. The van der Waals surface area contributed by atoms with Gasteiger partial charge in [0.15, 0.2) is 0 Å². The van der Waals surface area contributed by atoms with Gasteiger partial charge in [0.2, 0.25) is 0 Å². The smallest absolute Gasteiger partial charge is 0.309 e. The molecule has 1 unspecified atom stereocenters. The van der Waals surface area contributed by atoms with Crippen LogP contribution in [0.5, 0.6) is 0 Å². The summed E-state index contributed by atoms with van der Waals surface area (Å²) in [4.78, 5) is 12.5. The van der Waals surface area contributed by atoms with E-state index >= 15 is 0 Å². The molecule has 0 aromatic heterocycles. The second-order valence-electron chi connectivity index (χ2n) is 6.73. The first kappa shape index (κ1) is 18.2. The van der Waals surface area contributed by atoms with Crippen LogP contribution < -0.4 is 0 Å². The van der Waals surface area contributed by atoms with Crippen molar-refractivity contribution in [3.63, 3.8) is 0 Å². The zero-order valence-corrected chi connectivity index (χ0v) is 15.2. The Morgan fingerprint density at radius 2 is 1.62 bits per heavy atom. The molecule has 1 aliphatic carbocycles. The van der Waals surface area contributed by atoms with Crippen molar-refractivity contribution < 1.29 is 9.53 Å². The van der Waals surface area contributed by atoms with E-state index in [2.05, 4.69) is 55.1 Å². The fourth-order valence-electron chi connectivity index (χ4n) is 3.55. The Morgan fingerprint density at radius 3 is 2.23 bits per heavy atom. The second-order valence-corrected chi connectivity index (χ2v) is 6.73. The van der Waals surface area contributed by atoms with E-state index in [4.69, 9.17) is 4.74 Å². The zero-order chi connectivity index (χ0) is 18.2. The molecule has 2 heteroatoms. The minimum Gasteiger partial charge on any atom is -0.465 e. The van der Waals surface area contributed by atoms with E-state index in [1.54, 1.807) is 0 Å². The summed E-state index contributed by atoms with van der Waals surface area (Å²) in [6.45, 7) is 4.18. The Kier molecular flexibility index (Phi) is 6.43. The number of carbonyl (C=O) groups excluding carboxylic acids is 1. The molecule has 0 fully saturated rings. The highest BCUT2D eigenvalue weighted by Crippen LogP contribution is 2.41. The molecular weight excluding hydrogens is 320 g/mol. The standard InChI is InChI=1S/C24H26O2/c1-2-3-10-17-26-24(25)21-15-16-22(19-11-6-4-7-12-19)23(18-21)20-13-8-5-9-14-20/h2,4-9,11-14,21H,1,3,10,15-18H2. The number of hydrogen-bond donors (Lipinski definition) is 0. The van der Waals surface area contributed by atoms with Crippen LogP contribution in [0.25, 0.3) is 11.1 Å². The predicted molar refractivity (Wildman–Crippen MR) is 107 cm³/mol. The van der Waals surface area contributed by atoms with Gasteiger partial charge in [0.1, 0.15) is 0 Å². The van der Waals surface area contributed by atoms with Crippen molar-refractivity contribution in [2.24, 2.45) is 5.92 Å². The van der Waals surface area contributed by atoms with Gasteiger partial charge in [0.05, 0.1) is 12.5 Å². The number of esters is 1. The van der Waals surface area contributed by atoms with Gasteiger partial charge in [-0.2, -0.15) is 0 Å². The lowest BCUT2D eigenvalue weighted by molar-refractivity contribution is -0.148. The van der Waals surface area contributed by atoms with E-state index in [-0.39, 0.29) is 11.9 Å². The lowest BCUT2D eigenvalue weighted by Crippen LogP contribution is -2.22. The van der Waals surface area contributed by atoms with Crippen molar-refractivity contribution in [2.75, 3.05) is 6.61 Å². The van der Waals surface area contributed by atoms with Crippen LogP contribution in [-0.2, 0) is 9.53 Å². The zero-order valence-electron chi connectivity index (χ0n) is 15.2. The number of rotatable bonds is 7. The van der Waals surface area contributed by atoms with Crippen molar-refractivity contribution in [1.29, 1.82) is 0 Å². The maximum Gasteiger partial charge on any atom is 0.309 e. The third kappa shape index (κ3) is 4.51. The summed E-state index contributed by atoms with van der Waals surface area (Å²) < 4.78 is 5.50. The van der Waals surface area contributed by atoms with Gasteiger partial charge in [-0.3, -0.25) is 4.79 Å². The van der Waals surface area contributed by atoms with Crippen molar-refractivity contribution in [3.8, 4) is 0 Å². The molecule has 0 bridgehead atoms. The topological polar surface area (TPSA) is 26.3 Å². The third-order valence-corrected chi connectivity index (χ3v) is 4.93. The van der Waals surface area contributed by atoms with Crippen LogP contribution in [0, 0.1) is 5.92 Å². The molecule has 0 aliphatic heterocycles. The van der Waals surface area contributed by atoms with Crippen LogP contribution in [0.4, 0.5) is 0 Å². The average Bonchev–Trinajstić information content (AvgIpc) is 2.72. The van der Waals surface area contributed by atoms with E-state index < -0.39 is 0 Å². The SMILES string of the molecule is C=CCCCOC(=O)C1CCC(c2ccccc2)=C(c2ccccc2)C1. The maximum atomic E-state index is 12.5. The Bertz CT molecular complexity index is 759. The molecule has 0 radical (unpaired) electrons. The Balaban J connectivity index is 1.81. The maximum absolute atomic E-state index is 12.5. The Morgan fingerprint density at radius 1 is 1.00 bits per heavy atom. The minimum atomic E-state index is -0.0606. The van der Waals surface area contributed by atoms with E-state index in [0.29, 0.717) is 6.61 Å². The van der Waals surface area contributed by atoms with Gasteiger partial charge in [-0.15, -0.1) is 6.58 Å². The molecule has 134 valence electrons. The van der Waals surface area contributed by atoms with Gasteiger partial charge in [-0.1, -0.05) is 66.7 Å². The van der Waals surface area contributed by atoms with Crippen LogP contribution in [0.3, 0.4) is 0 Å². The van der Waals surface area contributed by atoms with Gasteiger partial charge in [-0.25, -0.2) is 0 Å². The molecule has 0 heterocycles. The van der Waals surface area contributed by atoms with Gasteiger partial charge < -0.3 is 4.74 Å². The predicted octanol–water partition coefficient (Wildman–Crippen LogP) is 5.91. The number of allylic oxidation sites excluding steroid dienone is 3. The number of benzene rings is 2. The minimum absolute atomic E-state index is 0.0543. The van der Waals surface area contributed by atoms with Gasteiger partial charge in [-0.05, 0) is 54.4 Å². The molecule has 0 saturated heterocycles. The molecule has 1 aliphatic rings. The number of ether oxygens (including phenoxy) is 1. The first-order valence-corrected chi connectivity index (χ1v) is 9.40. The largest absolute Gasteiger partial charge is 0.465 e. The summed E-state index contributed by atoms with van der Waals surface area (Å²) in [5, 5.41) is 0. The summed E-state index contributed by atoms with van der Waals surface area (Å²) in [7, 11) is 0. The lowest BCUT2D eigenvalue weighted by Gasteiger charge is -2.27. The Labute approximate surface area is 156 Å². The average molecular weight is 346 g/mol. The van der Waals surface area contributed by atoms with Gasteiger partial charge >= 0.3 is 5.97 Å². The van der Waals surface area contributed by atoms with E-state index in [1.165, 1.54) is 22.3 Å². The van der Waals surface area contributed by atoms with Crippen molar-refractivity contribution in [1.82, 2.24) is 0 Å². The van der Waals surface area contributed by atoms with E-state index in [1.807, 2.05) is 18.2 Å². The fourth-order valence-corrected chi connectivity index (χ4v) is 3.55. The normalized spacial score (nSPS) is 17.0. The second kappa shape index (κ2) is 9.19. The summed E-state index contributed by atoms with van der Waals surface area (Å²) >= 11 is 0. The summed E-state index contributed by atoms with van der Waals surface area (Å²) in [6.07, 6.45) is 6.08. The number of carbonyl (C=O) groups is 1. The monoisotopic (exact) mass is 346 g/mol. The molecule has 2 aromatic carbocycles. The van der Waals surface area contributed by atoms with Crippen molar-refractivity contribution in [2.45, 2.75) is 32.1 Å². The molecule has 0 amide bonds. The first-order chi connectivity index (χ1) is 12.8. The molecule has 0 saturated carbocycles. The summed E-state index contributed by atoms with van der Waals surface area (Å²) in [5.41, 5.74) is 5.09. The van der Waals surface area contributed by atoms with Crippen LogP contribution in [0.15, 0.2) is 73.3 Å². The first-order valence-electron chi connectivity index (χ1n) is 9.40. The molecule has 1 atom stereocenters. The van der Waals surface area contributed by atoms with E-state index in [0.717, 1.165) is 32.1 Å². The highest BCUT2D eigenvalue weighted by molar-refractivity contribution is 5.93. The molecule has 0 N–H and O–H groups in total. The van der Waals surface area contributed by atoms with Crippen LogP contribution in [0.1, 0.15) is 43.2 Å². The highest BCUT2D eigenvalue weighted by Gasteiger charge is 2.28. The van der Waals surface area contributed by atoms with Gasteiger partial charge in [0, 0.05) is 0 Å². The highest BCUT2D eigenvalue weighted by atomic mass is 16.5. The van der Waals surface area contributed by atoms with Crippen molar-refractivity contribution in [3.05, 3.63) is 84.4 Å². The number of hydrogen-bond acceptors (Lipinski definition) is 2. The molecule has 3 rings (SSSR count). The van der Waals surface area contributed by atoms with Crippen LogP contribution >= 0.6 is 0 Å². The molecular formula is C24H26O2. The van der Waals surface area contributed by atoms with Crippen LogP contribution in [0.2, 0.25) is 0 Å². The molecule has 2 aromatic rings. The van der Waals surface area contributed by atoms with E-state index in [9.17, 15) is 4.79 Å². The van der Waals surface area contributed by atoms with Crippen LogP contribution in [-0.4, -0.2) is 12.6 Å². The molecule has 26 heavy (non-hydrogen) atoms.